The van der Waals surface area contributed by atoms with E-state index in [2.05, 4.69) is 9.89 Å². The minimum Gasteiger partial charge on any atom is -0.478 e. The highest BCUT2D eigenvalue weighted by molar-refractivity contribution is 5.92. The molecule has 2 rings (SSSR count). The van der Waals surface area contributed by atoms with E-state index in [1.54, 1.807) is 6.08 Å². The third-order valence-electron chi connectivity index (χ3n) is 2.57. The van der Waals surface area contributed by atoms with Crippen LogP contribution in [0.25, 0.3) is 0 Å². The Hall–Kier alpha value is -1.62. The summed E-state index contributed by atoms with van der Waals surface area (Å²) < 4.78 is 5.26. The van der Waals surface area contributed by atoms with Gasteiger partial charge >= 0.3 is 5.97 Å². The Morgan fingerprint density at radius 3 is 2.88 bits per heavy atom. The molecule has 0 aliphatic carbocycles. The van der Waals surface area contributed by atoms with Crippen LogP contribution >= 0.6 is 0 Å². The summed E-state index contributed by atoms with van der Waals surface area (Å²) in [5.41, 5.74) is 0.225. The average Bonchev–Trinajstić information content (AvgIpc) is 2.55. The van der Waals surface area contributed by atoms with Crippen molar-refractivity contribution in [2.45, 2.75) is 6.42 Å². The van der Waals surface area contributed by atoms with Crippen LogP contribution in [-0.2, 0) is 9.53 Å². The van der Waals surface area contributed by atoms with Crippen LogP contribution in [0.2, 0.25) is 0 Å². The average molecular weight is 222 g/mol. The van der Waals surface area contributed by atoms with Crippen LogP contribution in [-0.4, -0.2) is 48.1 Å². The van der Waals surface area contributed by atoms with E-state index in [0.29, 0.717) is 19.6 Å². The Balaban J connectivity index is 2.11. The number of aliphatic carboxylic acids is 1. The number of hydrogen-bond donors (Lipinski definition) is 1. The molecule has 1 saturated heterocycles. The highest BCUT2D eigenvalue weighted by Crippen LogP contribution is 2.09. The molecular weight excluding hydrogens is 208 g/mol. The Morgan fingerprint density at radius 1 is 1.44 bits per heavy atom. The molecule has 0 spiro atoms. The first kappa shape index (κ1) is 10.9. The van der Waals surface area contributed by atoms with E-state index in [1.807, 2.05) is 6.08 Å². The molecule has 0 atom stereocenters. The standard InChI is InChI=1S/C11H14N2O3/c14-11(15)9-2-1-3-10(12-8-9)13-4-6-16-7-5-13/h1-2,8H,3-7H2,(H,14,15). The zero-order valence-electron chi connectivity index (χ0n) is 8.93. The van der Waals surface area contributed by atoms with Gasteiger partial charge in [0.05, 0.1) is 18.8 Å². The highest BCUT2D eigenvalue weighted by atomic mass is 16.5. The van der Waals surface area contributed by atoms with Gasteiger partial charge in [0, 0.05) is 25.7 Å². The number of carbonyl (C=O) groups is 1. The molecule has 5 nitrogen and oxygen atoms in total. The minimum absolute atomic E-state index is 0.225. The third kappa shape index (κ3) is 2.49. The van der Waals surface area contributed by atoms with Crippen molar-refractivity contribution in [3.05, 3.63) is 23.9 Å². The summed E-state index contributed by atoms with van der Waals surface area (Å²) in [5, 5.41) is 8.84. The second-order valence-electron chi connectivity index (χ2n) is 3.64. The van der Waals surface area contributed by atoms with Crippen LogP contribution in [0.3, 0.4) is 0 Å². The summed E-state index contributed by atoms with van der Waals surface area (Å²) in [6.07, 6.45) is 5.52. The quantitative estimate of drug-likeness (QED) is 0.707. The predicted octanol–water partition coefficient (Wildman–Crippen LogP) is 0.645. The Labute approximate surface area is 93.7 Å². The number of morpholine rings is 1. The molecule has 86 valence electrons. The molecule has 2 aliphatic heterocycles. The molecule has 0 aromatic carbocycles. The van der Waals surface area contributed by atoms with Crippen molar-refractivity contribution in [3.63, 3.8) is 0 Å². The van der Waals surface area contributed by atoms with Gasteiger partial charge in [-0.25, -0.2) is 9.79 Å². The van der Waals surface area contributed by atoms with E-state index >= 15 is 0 Å². The summed E-state index contributed by atoms with van der Waals surface area (Å²) in [5.74, 6) is -0.0287. The zero-order chi connectivity index (χ0) is 11.4. The molecule has 5 heteroatoms. The number of carboxylic acid groups (broad SMARTS) is 1. The highest BCUT2D eigenvalue weighted by Gasteiger charge is 2.15. The van der Waals surface area contributed by atoms with Crippen LogP contribution in [0.15, 0.2) is 28.9 Å². The molecule has 0 radical (unpaired) electrons. The van der Waals surface area contributed by atoms with E-state index in [4.69, 9.17) is 9.84 Å². The van der Waals surface area contributed by atoms with Crippen molar-refractivity contribution in [2.24, 2.45) is 4.99 Å². The normalized spacial score (nSPS) is 21.1. The van der Waals surface area contributed by atoms with Crippen LogP contribution < -0.4 is 0 Å². The van der Waals surface area contributed by atoms with Gasteiger partial charge in [-0.05, 0) is 6.08 Å². The van der Waals surface area contributed by atoms with Gasteiger partial charge in [0.15, 0.2) is 0 Å². The molecular formula is C11H14N2O3. The van der Waals surface area contributed by atoms with E-state index in [9.17, 15) is 4.79 Å². The zero-order valence-corrected chi connectivity index (χ0v) is 8.93. The molecule has 0 aromatic rings. The van der Waals surface area contributed by atoms with Crippen LogP contribution in [0, 0.1) is 0 Å². The lowest BCUT2D eigenvalue weighted by Crippen LogP contribution is -2.40. The maximum atomic E-state index is 10.8. The van der Waals surface area contributed by atoms with Crippen LogP contribution in [0.1, 0.15) is 6.42 Å². The Kier molecular flexibility index (Phi) is 3.36. The fraction of sp³-hybridized carbons (Fsp3) is 0.455. The van der Waals surface area contributed by atoms with Crippen molar-refractivity contribution >= 4 is 11.8 Å². The molecule has 0 aromatic heterocycles. The monoisotopic (exact) mass is 222 g/mol. The van der Waals surface area contributed by atoms with Gasteiger partial charge in [0.2, 0.25) is 0 Å². The number of hydrogen-bond acceptors (Lipinski definition) is 4. The topological polar surface area (TPSA) is 62.1 Å². The van der Waals surface area contributed by atoms with Crippen molar-refractivity contribution in [1.29, 1.82) is 0 Å². The number of ether oxygens (including phenoxy) is 1. The van der Waals surface area contributed by atoms with E-state index < -0.39 is 5.97 Å². The maximum absolute atomic E-state index is 10.8. The first-order chi connectivity index (χ1) is 7.77. The summed E-state index contributed by atoms with van der Waals surface area (Å²) in [4.78, 5) is 17.1. The number of carboxylic acids is 1. The Morgan fingerprint density at radius 2 is 2.19 bits per heavy atom. The lowest BCUT2D eigenvalue weighted by Gasteiger charge is -2.29. The smallest absolute Gasteiger partial charge is 0.337 e. The molecule has 1 fully saturated rings. The van der Waals surface area contributed by atoms with Crippen molar-refractivity contribution in [1.82, 2.24) is 4.90 Å². The number of nitrogens with zero attached hydrogens (tertiary/aromatic N) is 2. The first-order valence-corrected chi connectivity index (χ1v) is 5.27. The third-order valence-corrected chi connectivity index (χ3v) is 2.57. The summed E-state index contributed by atoms with van der Waals surface area (Å²) in [6, 6.07) is 0. The number of rotatable bonds is 1. The second kappa shape index (κ2) is 4.94. The SMILES string of the molecule is O=C(O)C1=CN=C(N2CCOCC2)CC=C1. The first-order valence-electron chi connectivity index (χ1n) is 5.27. The summed E-state index contributed by atoms with van der Waals surface area (Å²) in [7, 11) is 0. The van der Waals surface area contributed by atoms with Gasteiger partial charge < -0.3 is 14.7 Å². The molecule has 0 bridgehead atoms. The molecule has 2 heterocycles. The minimum atomic E-state index is -0.941. The largest absolute Gasteiger partial charge is 0.478 e. The van der Waals surface area contributed by atoms with E-state index in [1.165, 1.54) is 6.20 Å². The fourth-order valence-electron chi connectivity index (χ4n) is 1.69. The molecule has 0 unspecified atom stereocenters. The van der Waals surface area contributed by atoms with E-state index in [-0.39, 0.29) is 5.57 Å². The van der Waals surface area contributed by atoms with Gasteiger partial charge in [-0.2, -0.15) is 0 Å². The molecule has 0 saturated carbocycles. The van der Waals surface area contributed by atoms with Gasteiger partial charge in [0.1, 0.15) is 5.84 Å². The molecule has 2 aliphatic rings. The molecule has 1 N–H and O–H groups in total. The summed E-state index contributed by atoms with van der Waals surface area (Å²) in [6.45, 7) is 3.06. The number of aliphatic imine (C=N–C) groups is 1. The van der Waals surface area contributed by atoms with E-state index in [0.717, 1.165) is 18.9 Å². The number of amidine groups is 1. The van der Waals surface area contributed by atoms with Crippen LogP contribution in [0.4, 0.5) is 0 Å². The second-order valence-corrected chi connectivity index (χ2v) is 3.64. The fourth-order valence-corrected chi connectivity index (χ4v) is 1.69. The lowest BCUT2D eigenvalue weighted by atomic mass is 10.2. The van der Waals surface area contributed by atoms with Crippen molar-refractivity contribution < 1.29 is 14.6 Å². The predicted molar refractivity (Wildman–Crippen MR) is 59.3 cm³/mol. The Bertz CT molecular complexity index is 365. The van der Waals surface area contributed by atoms with Gasteiger partial charge in [-0.15, -0.1) is 0 Å². The van der Waals surface area contributed by atoms with Gasteiger partial charge in [0.25, 0.3) is 0 Å². The van der Waals surface area contributed by atoms with Gasteiger partial charge in [-0.3, -0.25) is 0 Å². The van der Waals surface area contributed by atoms with Crippen molar-refractivity contribution in [3.8, 4) is 0 Å². The molecule has 0 amide bonds. The lowest BCUT2D eigenvalue weighted by molar-refractivity contribution is -0.132. The van der Waals surface area contributed by atoms with Gasteiger partial charge in [-0.1, -0.05) is 6.08 Å². The van der Waals surface area contributed by atoms with Crippen molar-refractivity contribution in [2.75, 3.05) is 26.3 Å². The van der Waals surface area contributed by atoms with Crippen LogP contribution in [0.5, 0.6) is 0 Å². The maximum Gasteiger partial charge on any atom is 0.337 e. The molecule has 16 heavy (non-hydrogen) atoms. The summed E-state index contributed by atoms with van der Waals surface area (Å²) >= 11 is 0.